The van der Waals surface area contributed by atoms with Crippen molar-refractivity contribution < 1.29 is 13.9 Å². The van der Waals surface area contributed by atoms with Gasteiger partial charge < -0.3 is 9.15 Å². The van der Waals surface area contributed by atoms with Crippen LogP contribution >= 0.6 is 11.6 Å². The number of fused-ring (bicyclic) bond motifs is 1. The normalized spacial score (nSPS) is 11.9. The summed E-state index contributed by atoms with van der Waals surface area (Å²) in [6.07, 6.45) is -0.868. The molecule has 0 radical (unpaired) electrons. The van der Waals surface area contributed by atoms with Crippen LogP contribution in [0.3, 0.4) is 0 Å². The van der Waals surface area contributed by atoms with Gasteiger partial charge in [-0.25, -0.2) is 0 Å². The van der Waals surface area contributed by atoms with Crippen LogP contribution in [0.4, 0.5) is 0 Å². The first-order chi connectivity index (χ1) is 14.0. The standard InChI is InChI=1S/C24H17ClO4/c1-15(21(26)16-7-3-2-4-8-16)28-24-22(27)19-9-5-6-10-20(19)29-23(24)17-11-13-18(25)14-12-17/h2-15H,1H3/t15-/m1/s1. The van der Waals surface area contributed by atoms with E-state index in [0.717, 1.165) is 0 Å². The summed E-state index contributed by atoms with van der Waals surface area (Å²) in [5.74, 6) is 0.0427. The molecular formula is C24H17ClO4. The molecule has 0 N–H and O–H groups in total. The third-order valence-electron chi connectivity index (χ3n) is 4.58. The molecule has 0 spiro atoms. The largest absolute Gasteiger partial charge is 0.475 e. The lowest BCUT2D eigenvalue weighted by atomic mass is 10.1. The van der Waals surface area contributed by atoms with Crippen LogP contribution in [0.15, 0.2) is 88.1 Å². The highest BCUT2D eigenvalue weighted by Gasteiger charge is 2.23. The van der Waals surface area contributed by atoms with Gasteiger partial charge in [0.2, 0.25) is 17.0 Å². The third kappa shape index (κ3) is 3.80. The second-order valence-corrected chi connectivity index (χ2v) is 7.02. The number of hydrogen-bond donors (Lipinski definition) is 0. The lowest BCUT2D eigenvalue weighted by Crippen LogP contribution is -2.26. The fourth-order valence-corrected chi connectivity index (χ4v) is 3.22. The van der Waals surface area contributed by atoms with E-state index in [9.17, 15) is 9.59 Å². The minimum atomic E-state index is -0.868. The van der Waals surface area contributed by atoms with Gasteiger partial charge >= 0.3 is 0 Å². The molecular weight excluding hydrogens is 388 g/mol. The molecule has 0 aliphatic rings. The number of benzene rings is 3. The van der Waals surface area contributed by atoms with E-state index in [0.29, 0.717) is 27.1 Å². The van der Waals surface area contributed by atoms with Gasteiger partial charge in [0, 0.05) is 16.1 Å². The van der Waals surface area contributed by atoms with Gasteiger partial charge in [0.05, 0.1) is 5.39 Å². The Bertz CT molecular complexity index is 1230. The Morgan fingerprint density at radius 2 is 1.59 bits per heavy atom. The van der Waals surface area contributed by atoms with E-state index < -0.39 is 6.10 Å². The monoisotopic (exact) mass is 404 g/mol. The summed E-state index contributed by atoms with van der Waals surface area (Å²) in [7, 11) is 0. The van der Waals surface area contributed by atoms with Crippen molar-refractivity contribution in [3.05, 3.63) is 99.7 Å². The number of ketones is 1. The van der Waals surface area contributed by atoms with E-state index in [1.165, 1.54) is 0 Å². The summed E-state index contributed by atoms with van der Waals surface area (Å²) in [4.78, 5) is 25.9. The van der Waals surface area contributed by atoms with Crippen molar-refractivity contribution in [1.29, 1.82) is 0 Å². The number of hydrogen-bond acceptors (Lipinski definition) is 4. The fraction of sp³-hybridized carbons (Fsp3) is 0.0833. The minimum Gasteiger partial charge on any atom is -0.475 e. The van der Waals surface area contributed by atoms with E-state index in [-0.39, 0.29) is 22.7 Å². The van der Waals surface area contributed by atoms with E-state index >= 15 is 0 Å². The van der Waals surface area contributed by atoms with Gasteiger partial charge in [0.25, 0.3) is 0 Å². The highest BCUT2D eigenvalue weighted by atomic mass is 35.5. The van der Waals surface area contributed by atoms with Crippen LogP contribution in [0.25, 0.3) is 22.3 Å². The van der Waals surface area contributed by atoms with Crippen molar-refractivity contribution in [3.63, 3.8) is 0 Å². The Labute approximate surface area is 172 Å². The Kier molecular flexibility index (Phi) is 5.19. The second kappa shape index (κ2) is 7.94. The Morgan fingerprint density at radius 1 is 0.931 bits per heavy atom. The molecule has 4 nitrogen and oxygen atoms in total. The average Bonchev–Trinajstić information content (AvgIpc) is 2.76. The second-order valence-electron chi connectivity index (χ2n) is 6.58. The van der Waals surface area contributed by atoms with Crippen LogP contribution in [0.2, 0.25) is 5.02 Å². The molecule has 0 bridgehead atoms. The average molecular weight is 405 g/mol. The van der Waals surface area contributed by atoms with Crippen LogP contribution in [0, 0.1) is 0 Å². The predicted octanol–water partition coefficient (Wildman–Crippen LogP) is 5.76. The highest BCUT2D eigenvalue weighted by molar-refractivity contribution is 6.30. The zero-order valence-corrected chi connectivity index (χ0v) is 16.3. The molecule has 0 aliphatic carbocycles. The van der Waals surface area contributed by atoms with Crippen molar-refractivity contribution in [2.45, 2.75) is 13.0 Å². The molecule has 0 amide bonds. The fourth-order valence-electron chi connectivity index (χ4n) is 3.09. The van der Waals surface area contributed by atoms with E-state index in [1.54, 1.807) is 79.7 Å². The first-order valence-corrected chi connectivity index (χ1v) is 9.50. The molecule has 0 aliphatic heterocycles. The summed E-state index contributed by atoms with van der Waals surface area (Å²) in [5, 5.41) is 0.951. The summed E-state index contributed by atoms with van der Waals surface area (Å²) in [6, 6.07) is 22.6. The first kappa shape index (κ1) is 19.0. The van der Waals surface area contributed by atoms with Crippen molar-refractivity contribution in [2.24, 2.45) is 0 Å². The van der Waals surface area contributed by atoms with Gasteiger partial charge in [0.1, 0.15) is 5.58 Å². The van der Waals surface area contributed by atoms with E-state index in [2.05, 4.69) is 0 Å². The Hall–Kier alpha value is -3.37. The maximum Gasteiger partial charge on any atom is 0.235 e. The molecule has 0 saturated heterocycles. The number of para-hydroxylation sites is 1. The summed E-state index contributed by atoms with van der Waals surface area (Å²) in [5.41, 5.74) is 1.26. The molecule has 1 heterocycles. The molecule has 3 aromatic carbocycles. The number of rotatable bonds is 5. The molecule has 0 unspecified atom stereocenters. The van der Waals surface area contributed by atoms with Gasteiger partial charge in [-0.05, 0) is 43.3 Å². The number of Topliss-reactive ketones (excluding diaryl/α,β-unsaturated/α-hetero) is 1. The van der Waals surface area contributed by atoms with Crippen LogP contribution < -0.4 is 10.2 Å². The zero-order valence-electron chi connectivity index (χ0n) is 15.6. The Balaban J connectivity index is 1.82. The molecule has 5 heteroatoms. The summed E-state index contributed by atoms with van der Waals surface area (Å²) >= 11 is 5.99. The smallest absolute Gasteiger partial charge is 0.235 e. The topological polar surface area (TPSA) is 56.5 Å². The Morgan fingerprint density at radius 3 is 2.31 bits per heavy atom. The molecule has 144 valence electrons. The van der Waals surface area contributed by atoms with Gasteiger partial charge in [0.15, 0.2) is 11.9 Å². The molecule has 0 saturated carbocycles. The van der Waals surface area contributed by atoms with Crippen molar-refractivity contribution in [3.8, 4) is 17.1 Å². The van der Waals surface area contributed by atoms with Crippen molar-refractivity contribution >= 4 is 28.4 Å². The number of carbonyl (C=O) groups excluding carboxylic acids is 1. The SMILES string of the molecule is C[C@@H](Oc1c(-c2ccc(Cl)cc2)oc2ccccc2c1=O)C(=O)c1ccccc1. The van der Waals surface area contributed by atoms with Gasteiger partial charge in [-0.3, -0.25) is 9.59 Å². The maximum absolute atomic E-state index is 13.2. The molecule has 1 aromatic heterocycles. The van der Waals surface area contributed by atoms with Gasteiger partial charge in [-0.15, -0.1) is 0 Å². The quantitative estimate of drug-likeness (QED) is 0.396. The molecule has 1 atom stereocenters. The molecule has 4 aromatic rings. The molecule has 4 rings (SSSR count). The van der Waals surface area contributed by atoms with Crippen LogP contribution in [0.5, 0.6) is 5.75 Å². The van der Waals surface area contributed by atoms with Crippen molar-refractivity contribution in [2.75, 3.05) is 0 Å². The lowest BCUT2D eigenvalue weighted by molar-refractivity contribution is 0.0815. The van der Waals surface area contributed by atoms with E-state index in [4.69, 9.17) is 20.8 Å². The van der Waals surface area contributed by atoms with Crippen molar-refractivity contribution in [1.82, 2.24) is 0 Å². The van der Waals surface area contributed by atoms with Gasteiger partial charge in [-0.2, -0.15) is 0 Å². The number of carbonyl (C=O) groups is 1. The highest BCUT2D eigenvalue weighted by Crippen LogP contribution is 2.32. The number of halogens is 1. The third-order valence-corrected chi connectivity index (χ3v) is 4.84. The summed E-state index contributed by atoms with van der Waals surface area (Å²) in [6.45, 7) is 1.62. The van der Waals surface area contributed by atoms with Gasteiger partial charge in [-0.1, -0.05) is 54.1 Å². The number of ether oxygens (including phenoxy) is 1. The molecule has 29 heavy (non-hydrogen) atoms. The maximum atomic E-state index is 13.2. The van der Waals surface area contributed by atoms with E-state index in [1.807, 2.05) is 6.07 Å². The van der Waals surface area contributed by atoms with Crippen LogP contribution in [0.1, 0.15) is 17.3 Å². The zero-order chi connectivity index (χ0) is 20.4. The predicted molar refractivity (Wildman–Crippen MR) is 114 cm³/mol. The lowest BCUT2D eigenvalue weighted by Gasteiger charge is -2.16. The first-order valence-electron chi connectivity index (χ1n) is 9.12. The summed E-state index contributed by atoms with van der Waals surface area (Å²) < 4.78 is 11.9. The van der Waals surface area contributed by atoms with Crippen LogP contribution in [-0.4, -0.2) is 11.9 Å². The minimum absolute atomic E-state index is 0.00260. The molecule has 0 fully saturated rings. The van der Waals surface area contributed by atoms with Crippen LogP contribution in [-0.2, 0) is 0 Å².